The zero-order valence-electron chi connectivity index (χ0n) is 29.3. The number of hydrogen-bond donors (Lipinski definition) is 2. The fraction of sp³-hybridized carbons (Fsp3) is 0.487. The summed E-state index contributed by atoms with van der Waals surface area (Å²) >= 11 is 10.3. The molecule has 2 aromatic carbocycles. The van der Waals surface area contributed by atoms with Crippen molar-refractivity contribution in [2.45, 2.75) is 87.2 Å². The van der Waals surface area contributed by atoms with Crippen LogP contribution in [0.5, 0.6) is 0 Å². The highest BCUT2D eigenvalue weighted by Crippen LogP contribution is 2.61. The van der Waals surface area contributed by atoms with Crippen molar-refractivity contribution in [3.63, 3.8) is 0 Å². The van der Waals surface area contributed by atoms with Gasteiger partial charge in [-0.15, -0.1) is 13.2 Å². The second-order valence-corrected chi connectivity index (χ2v) is 15.6. The molecule has 0 saturated carbocycles. The van der Waals surface area contributed by atoms with Crippen LogP contribution >= 0.6 is 27.5 Å². The van der Waals surface area contributed by atoms with E-state index in [0.717, 1.165) is 0 Å². The van der Waals surface area contributed by atoms with Gasteiger partial charge in [0.05, 0.1) is 47.3 Å². The Labute approximate surface area is 313 Å². The van der Waals surface area contributed by atoms with Gasteiger partial charge in [0, 0.05) is 17.8 Å². The van der Waals surface area contributed by atoms with Crippen molar-refractivity contribution < 1.29 is 33.8 Å². The van der Waals surface area contributed by atoms with Crippen LogP contribution in [0.3, 0.4) is 0 Å². The van der Waals surface area contributed by atoms with Gasteiger partial charge in [0.2, 0.25) is 11.8 Å². The first-order valence-electron chi connectivity index (χ1n) is 17.5. The second-order valence-electron chi connectivity index (χ2n) is 14.0. The second kappa shape index (κ2) is 16.4. The summed E-state index contributed by atoms with van der Waals surface area (Å²) in [4.78, 5) is 59.6. The number of carbonyl (C=O) groups is 4. The maximum Gasteiger partial charge on any atom is 0.313 e. The van der Waals surface area contributed by atoms with Gasteiger partial charge >= 0.3 is 5.97 Å². The van der Waals surface area contributed by atoms with E-state index in [1.54, 1.807) is 43.3 Å². The quantitative estimate of drug-likeness (QED) is 0.126. The fourth-order valence-corrected chi connectivity index (χ4v) is 9.20. The van der Waals surface area contributed by atoms with Crippen LogP contribution in [0.1, 0.15) is 58.1 Å². The highest BCUT2D eigenvalue weighted by Gasteiger charge is 2.77. The summed E-state index contributed by atoms with van der Waals surface area (Å²) in [6.07, 6.45) is 3.00. The van der Waals surface area contributed by atoms with Crippen LogP contribution in [-0.2, 0) is 28.7 Å². The Balaban J connectivity index is 1.56. The predicted molar refractivity (Wildman–Crippen MR) is 199 cm³/mol. The average molecular weight is 785 g/mol. The SMILES string of the molecule is C=CCCC(=O)N[C@@H](C)[C@H](OC(=O)[C@H]1[C@@H]2O[C@@]3(CC2Br)[C@@H]1C(=O)N([C@@H](CO)CC(C)C)[C@@H]3C(=O)N(CC=C)c1ccccc1Cl)c1ccccc1. The lowest BCUT2D eigenvalue weighted by atomic mass is 9.70. The molecule has 9 atom stereocenters. The van der Waals surface area contributed by atoms with E-state index in [2.05, 4.69) is 34.4 Å². The number of halogens is 2. The lowest BCUT2D eigenvalue weighted by Crippen LogP contribution is -2.59. The Bertz CT molecular complexity index is 1620. The van der Waals surface area contributed by atoms with Crippen LogP contribution in [-0.4, -0.2) is 81.5 Å². The van der Waals surface area contributed by atoms with E-state index in [-0.39, 0.29) is 42.6 Å². The number of benzene rings is 2. The number of nitrogens with zero attached hydrogens (tertiary/aromatic N) is 2. The number of anilines is 1. The van der Waals surface area contributed by atoms with Gasteiger partial charge in [-0.2, -0.15) is 0 Å². The predicted octanol–water partition coefficient (Wildman–Crippen LogP) is 5.77. The van der Waals surface area contributed by atoms with E-state index in [9.17, 15) is 24.3 Å². The van der Waals surface area contributed by atoms with E-state index in [4.69, 9.17) is 21.1 Å². The van der Waals surface area contributed by atoms with Gasteiger partial charge in [-0.1, -0.05) is 96.0 Å². The largest absolute Gasteiger partial charge is 0.455 e. The van der Waals surface area contributed by atoms with E-state index in [0.29, 0.717) is 29.1 Å². The topological polar surface area (TPSA) is 125 Å². The van der Waals surface area contributed by atoms with Crippen LogP contribution in [0.25, 0.3) is 0 Å². The number of alkyl halides is 1. The Morgan fingerprint density at radius 2 is 1.82 bits per heavy atom. The maximum atomic E-state index is 15.0. The number of para-hydroxylation sites is 1. The lowest BCUT2D eigenvalue weighted by molar-refractivity contribution is -0.162. The zero-order chi connectivity index (χ0) is 37.0. The third kappa shape index (κ3) is 7.54. The molecular formula is C39H47BrClN3O7. The number of aliphatic hydroxyl groups excluding tert-OH is 1. The summed E-state index contributed by atoms with van der Waals surface area (Å²) in [7, 11) is 0. The molecule has 3 heterocycles. The van der Waals surface area contributed by atoms with E-state index in [1.807, 2.05) is 44.2 Å². The van der Waals surface area contributed by atoms with Gasteiger partial charge in [0.25, 0.3) is 5.91 Å². The Morgan fingerprint density at radius 3 is 2.45 bits per heavy atom. The summed E-state index contributed by atoms with van der Waals surface area (Å²) in [5.74, 6) is -3.84. The van der Waals surface area contributed by atoms with Crippen molar-refractivity contribution in [3.05, 3.63) is 90.5 Å². The first-order chi connectivity index (χ1) is 24.4. The highest BCUT2D eigenvalue weighted by atomic mass is 79.9. The molecule has 3 amide bonds. The first kappa shape index (κ1) is 38.7. The van der Waals surface area contributed by atoms with Gasteiger partial charge in [0.1, 0.15) is 17.7 Å². The number of hydrogen-bond acceptors (Lipinski definition) is 7. The van der Waals surface area contributed by atoms with E-state index >= 15 is 0 Å². The smallest absolute Gasteiger partial charge is 0.313 e. The molecule has 2 bridgehead atoms. The molecule has 3 aliphatic rings. The minimum absolute atomic E-state index is 0.0771. The normalized spacial score (nSPS) is 26.7. The van der Waals surface area contributed by atoms with Gasteiger partial charge in [0.15, 0.2) is 0 Å². The summed E-state index contributed by atoms with van der Waals surface area (Å²) in [6, 6.07) is 13.5. The number of fused-ring (bicyclic) bond motifs is 1. The molecule has 10 nitrogen and oxygen atoms in total. The van der Waals surface area contributed by atoms with Crippen molar-refractivity contribution in [2.75, 3.05) is 18.1 Å². The first-order valence-corrected chi connectivity index (χ1v) is 18.8. The van der Waals surface area contributed by atoms with Crippen LogP contribution in [0.2, 0.25) is 5.02 Å². The molecule has 3 saturated heterocycles. The van der Waals surface area contributed by atoms with Crippen molar-refractivity contribution in [2.24, 2.45) is 17.8 Å². The molecule has 1 unspecified atom stereocenters. The van der Waals surface area contributed by atoms with Gasteiger partial charge in [-0.3, -0.25) is 19.2 Å². The van der Waals surface area contributed by atoms with Crippen LogP contribution in [0, 0.1) is 17.8 Å². The Morgan fingerprint density at radius 1 is 1.14 bits per heavy atom. The number of carbonyl (C=O) groups excluding carboxylic acids is 4. The van der Waals surface area contributed by atoms with Crippen molar-refractivity contribution in [3.8, 4) is 0 Å². The number of ether oxygens (including phenoxy) is 2. The molecule has 2 aromatic rings. The third-order valence-corrected chi connectivity index (χ3v) is 11.3. The number of esters is 1. The monoisotopic (exact) mass is 783 g/mol. The minimum atomic E-state index is -1.41. The summed E-state index contributed by atoms with van der Waals surface area (Å²) in [6.45, 7) is 13.0. The number of allylic oxidation sites excluding steroid dienone is 1. The Hall–Kier alpha value is -3.51. The molecule has 0 aromatic heterocycles. The Kier molecular flexibility index (Phi) is 12.5. The average Bonchev–Trinajstić information content (AvgIpc) is 3.71. The zero-order valence-corrected chi connectivity index (χ0v) is 31.6. The number of aliphatic hydroxyl groups is 1. The maximum absolute atomic E-state index is 15.0. The van der Waals surface area contributed by atoms with Crippen molar-refractivity contribution in [1.82, 2.24) is 10.2 Å². The molecule has 12 heteroatoms. The molecular weight excluding hydrogens is 738 g/mol. The standard InChI is InChI=1S/C39H47BrClN3O7/c1-6-8-18-30(46)42-24(5)33(25-14-10-9-11-15-25)50-38(49)31-32-36(47)44(26(22-45)20-23(3)4)35(39(32)21-27(40)34(31)51-39)37(48)43(19-7-2)29-17-13-12-16-28(29)41/h6-7,9-17,23-24,26-27,31-35,45H,1-2,8,18-22H2,3-5H3,(H,42,46)/t24-,26+,27?,31+,32-,33-,34+,35+,39-/m0/s1. The number of amides is 3. The number of likely N-dealkylation sites (tertiary alicyclic amines) is 1. The molecule has 0 radical (unpaired) electrons. The van der Waals surface area contributed by atoms with Crippen LogP contribution < -0.4 is 10.2 Å². The highest BCUT2D eigenvalue weighted by molar-refractivity contribution is 9.09. The summed E-state index contributed by atoms with van der Waals surface area (Å²) < 4.78 is 13.0. The van der Waals surface area contributed by atoms with Crippen molar-refractivity contribution >= 4 is 56.9 Å². The molecule has 3 fully saturated rings. The van der Waals surface area contributed by atoms with Crippen LogP contribution in [0.4, 0.5) is 5.69 Å². The fourth-order valence-electron chi connectivity index (χ4n) is 8.02. The number of nitrogens with one attached hydrogen (secondary N) is 1. The minimum Gasteiger partial charge on any atom is -0.455 e. The van der Waals surface area contributed by atoms with Gasteiger partial charge < -0.3 is 29.7 Å². The molecule has 51 heavy (non-hydrogen) atoms. The molecule has 0 aliphatic carbocycles. The number of rotatable bonds is 16. The molecule has 1 spiro atoms. The van der Waals surface area contributed by atoms with Gasteiger partial charge in [-0.25, -0.2) is 0 Å². The summed E-state index contributed by atoms with van der Waals surface area (Å²) in [5, 5.41) is 14.0. The molecule has 274 valence electrons. The van der Waals surface area contributed by atoms with Gasteiger partial charge in [-0.05, 0) is 49.8 Å². The third-order valence-electron chi connectivity index (χ3n) is 10.1. The molecule has 5 rings (SSSR count). The van der Waals surface area contributed by atoms with Crippen LogP contribution in [0.15, 0.2) is 79.9 Å². The van der Waals surface area contributed by atoms with E-state index < -0.39 is 65.6 Å². The summed E-state index contributed by atoms with van der Waals surface area (Å²) in [5.41, 5.74) is -0.301. The lowest BCUT2D eigenvalue weighted by Gasteiger charge is -2.40. The molecule has 2 N–H and O–H groups in total. The van der Waals surface area contributed by atoms with E-state index in [1.165, 1.54) is 9.80 Å². The molecule has 3 aliphatic heterocycles. The van der Waals surface area contributed by atoms with Crippen molar-refractivity contribution in [1.29, 1.82) is 0 Å².